The van der Waals surface area contributed by atoms with E-state index in [0.29, 0.717) is 11.5 Å². The van der Waals surface area contributed by atoms with Gasteiger partial charge in [0.2, 0.25) is 0 Å². The zero-order valence-corrected chi connectivity index (χ0v) is 15.3. The van der Waals surface area contributed by atoms with Crippen LogP contribution in [0.3, 0.4) is 0 Å². The largest absolute Gasteiger partial charge is 0.493 e. The Balaban J connectivity index is 1.90. The summed E-state index contributed by atoms with van der Waals surface area (Å²) in [6.07, 6.45) is 0. The van der Waals surface area contributed by atoms with Crippen LogP contribution in [0.5, 0.6) is 11.5 Å². The van der Waals surface area contributed by atoms with Gasteiger partial charge in [-0.15, -0.1) is 0 Å². The molecule has 0 saturated carbocycles. The lowest BCUT2D eigenvalue weighted by atomic mass is 10.2. The number of carbonyl (C=O) groups is 2. The van der Waals surface area contributed by atoms with Crippen LogP contribution in [-0.4, -0.2) is 37.6 Å². The highest BCUT2D eigenvalue weighted by Crippen LogP contribution is 2.27. The maximum Gasteiger partial charge on any atom is 0.338 e. The summed E-state index contributed by atoms with van der Waals surface area (Å²) in [4.78, 5) is 34.0. The Morgan fingerprint density at radius 3 is 2.46 bits per heavy atom. The topological polar surface area (TPSA) is 143 Å². The summed E-state index contributed by atoms with van der Waals surface area (Å²) < 4.78 is 15.2. The molecule has 1 amide bonds. The van der Waals surface area contributed by atoms with E-state index < -0.39 is 29.1 Å². The maximum absolute atomic E-state index is 12.0. The van der Waals surface area contributed by atoms with Gasteiger partial charge in [0.05, 0.1) is 24.7 Å². The van der Waals surface area contributed by atoms with Crippen LogP contribution in [0.1, 0.15) is 15.9 Å². The van der Waals surface area contributed by atoms with E-state index in [9.17, 15) is 19.7 Å². The van der Waals surface area contributed by atoms with Crippen molar-refractivity contribution in [1.29, 1.82) is 0 Å². The third-order valence-electron chi connectivity index (χ3n) is 3.73. The van der Waals surface area contributed by atoms with Crippen molar-refractivity contribution in [2.24, 2.45) is 0 Å². The number of nitro benzene ring substituents is 1. The fraction of sp³-hybridized carbons (Fsp3) is 0.222. The van der Waals surface area contributed by atoms with Crippen LogP contribution >= 0.6 is 0 Å². The second kappa shape index (κ2) is 9.21. The Labute approximate surface area is 160 Å². The summed E-state index contributed by atoms with van der Waals surface area (Å²) in [5.41, 5.74) is 5.67. The fourth-order valence-electron chi connectivity index (χ4n) is 2.29. The van der Waals surface area contributed by atoms with E-state index in [4.69, 9.17) is 19.9 Å². The Hall–Kier alpha value is -3.82. The molecule has 2 rings (SSSR count). The molecular formula is C18H19N3O7. The second-order valence-electron chi connectivity index (χ2n) is 5.57. The molecule has 0 spiro atoms. The van der Waals surface area contributed by atoms with Crippen LogP contribution in [0.15, 0.2) is 36.4 Å². The van der Waals surface area contributed by atoms with Crippen LogP contribution < -0.4 is 20.5 Å². The van der Waals surface area contributed by atoms with E-state index in [1.807, 2.05) is 0 Å². The highest BCUT2D eigenvalue weighted by atomic mass is 16.6. The smallest absolute Gasteiger partial charge is 0.338 e. The van der Waals surface area contributed by atoms with E-state index in [2.05, 4.69) is 5.32 Å². The van der Waals surface area contributed by atoms with Crippen molar-refractivity contribution in [3.63, 3.8) is 0 Å². The SMILES string of the molecule is COc1ccc(CNC(=O)COC(=O)c2ccc(N)c([N+](=O)[O-])c2)cc1OC. The van der Waals surface area contributed by atoms with Gasteiger partial charge in [-0.1, -0.05) is 6.07 Å². The maximum atomic E-state index is 12.0. The first-order chi connectivity index (χ1) is 13.3. The molecule has 0 aliphatic heterocycles. The van der Waals surface area contributed by atoms with E-state index in [1.165, 1.54) is 26.4 Å². The molecule has 2 aromatic rings. The number of methoxy groups -OCH3 is 2. The first-order valence-corrected chi connectivity index (χ1v) is 8.04. The second-order valence-corrected chi connectivity index (χ2v) is 5.57. The normalized spacial score (nSPS) is 10.1. The van der Waals surface area contributed by atoms with Crippen molar-refractivity contribution < 1.29 is 28.7 Å². The number of carbonyl (C=O) groups excluding carboxylic acids is 2. The number of ether oxygens (including phenoxy) is 3. The van der Waals surface area contributed by atoms with Crippen LogP contribution in [0.4, 0.5) is 11.4 Å². The summed E-state index contributed by atoms with van der Waals surface area (Å²) >= 11 is 0. The van der Waals surface area contributed by atoms with Gasteiger partial charge < -0.3 is 25.3 Å². The quantitative estimate of drug-likeness (QED) is 0.300. The predicted molar refractivity (Wildman–Crippen MR) is 99.2 cm³/mol. The third kappa shape index (κ3) is 5.10. The first-order valence-electron chi connectivity index (χ1n) is 8.04. The molecule has 0 aliphatic rings. The zero-order chi connectivity index (χ0) is 20.7. The number of anilines is 1. The lowest BCUT2D eigenvalue weighted by molar-refractivity contribution is -0.383. The molecule has 148 valence electrons. The van der Waals surface area contributed by atoms with Gasteiger partial charge in [-0.3, -0.25) is 14.9 Å². The average Bonchev–Trinajstić information content (AvgIpc) is 2.70. The van der Waals surface area contributed by atoms with Crippen molar-refractivity contribution in [1.82, 2.24) is 5.32 Å². The van der Waals surface area contributed by atoms with Crippen LogP contribution in [0.2, 0.25) is 0 Å². The Morgan fingerprint density at radius 1 is 1.11 bits per heavy atom. The number of amides is 1. The summed E-state index contributed by atoms with van der Waals surface area (Å²) in [6, 6.07) is 8.67. The number of esters is 1. The number of rotatable bonds is 8. The van der Waals surface area contributed by atoms with Gasteiger partial charge in [0.25, 0.3) is 11.6 Å². The molecule has 0 atom stereocenters. The number of nitrogens with one attached hydrogen (secondary N) is 1. The van der Waals surface area contributed by atoms with Crippen molar-refractivity contribution >= 4 is 23.3 Å². The van der Waals surface area contributed by atoms with Crippen LogP contribution in [-0.2, 0) is 16.1 Å². The minimum Gasteiger partial charge on any atom is -0.493 e. The molecule has 0 unspecified atom stereocenters. The summed E-state index contributed by atoms with van der Waals surface area (Å²) in [7, 11) is 3.02. The van der Waals surface area contributed by atoms with Crippen molar-refractivity contribution in [3.8, 4) is 11.5 Å². The summed E-state index contributed by atoms with van der Waals surface area (Å²) in [5, 5.41) is 13.5. The fourth-order valence-corrected chi connectivity index (χ4v) is 2.29. The molecule has 0 aromatic heterocycles. The van der Waals surface area contributed by atoms with E-state index in [-0.39, 0.29) is 17.8 Å². The number of nitrogens with zero attached hydrogens (tertiary/aromatic N) is 1. The number of benzene rings is 2. The summed E-state index contributed by atoms with van der Waals surface area (Å²) in [6.45, 7) is -0.353. The van der Waals surface area contributed by atoms with Gasteiger partial charge in [-0.2, -0.15) is 0 Å². The lowest BCUT2D eigenvalue weighted by Gasteiger charge is -2.10. The number of hydrogen-bond donors (Lipinski definition) is 2. The lowest BCUT2D eigenvalue weighted by Crippen LogP contribution is -2.28. The molecule has 0 aliphatic carbocycles. The third-order valence-corrected chi connectivity index (χ3v) is 3.73. The monoisotopic (exact) mass is 389 g/mol. The molecule has 0 bridgehead atoms. The number of nitrogens with two attached hydrogens (primary N) is 1. The van der Waals surface area contributed by atoms with Crippen LogP contribution in [0.25, 0.3) is 0 Å². The van der Waals surface area contributed by atoms with Gasteiger partial charge >= 0.3 is 5.97 Å². The van der Waals surface area contributed by atoms with Gasteiger partial charge in [-0.25, -0.2) is 4.79 Å². The summed E-state index contributed by atoms with van der Waals surface area (Å²) in [5.74, 6) is -0.327. The number of hydrogen-bond acceptors (Lipinski definition) is 8. The molecule has 10 nitrogen and oxygen atoms in total. The standard InChI is InChI=1S/C18H19N3O7/c1-26-15-6-3-11(7-16(15)27-2)9-20-17(22)10-28-18(23)12-4-5-13(19)14(8-12)21(24)25/h3-8H,9-10,19H2,1-2H3,(H,20,22). The zero-order valence-electron chi connectivity index (χ0n) is 15.3. The molecule has 3 N–H and O–H groups in total. The Morgan fingerprint density at radius 2 is 1.82 bits per heavy atom. The highest BCUT2D eigenvalue weighted by molar-refractivity contribution is 5.92. The van der Waals surface area contributed by atoms with E-state index in [1.54, 1.807) is 18.2 Å². The molecular weight excluding hydrogens is 370 g/mol. The van der Waals surface area contributed by atoms with E-state index in [0.717, 1.165) is 11.6 Å². The average molecular weight is 389 g/mol. The molecule has 0 heterocycles. The van der Waals surface area contributed by atoms with Crippen molar-refractivity contribution in [3.05, 3.63) is 57.6 Å². The van der Waals surface area contributed by atoms with E-state index >= 15 is 0 Å². The highest BCUT2D eigenvalue weighted by Gasteiger charge is 2.17. The Bertz CT molecular complexity index is 899. The van der Waals surface area contributed by atoms with Gasteiger partial charge in [0, 0.05) is 12.6 Å². The minimum absolute atomic E-state index is 0.0748. The minimum atomic E-state index is -0.871. The molecule has 0 saturated heterocycles. The molecule has 0 radical (unpaired) electrons. The molecule has 0 fully saturated rings. The van der Waals surface area contributed by atoms with Gasteiger partial charge in [-0.05, 0) is 29.8 Å². The first kappa shape index (κ1) is 20.5. The van der Waals surface area contributed by atoms with Crippen molar-refractivity contribution in [2.75, 3.05) is 26.6 Å². The molecule has 28 heavy (non-hydrogen) atoms. The van der Waals surface area contributed by atoms with Crippen molar-refractivity contribution in [2.45, 2.75) is 6.54 Å². The number of nitrogen functional groups attached to an aromatic ring is 1. The van der Waals surface area contributed by atoms with Gasteiger partial charge in [0.15, 0.2) is 18.1 Å². The Kier molecular flexibility index (Phi) is 6.74. The predicted octanol–water partition coefficient (Wildman–Crippen LogP) is 1.67. The molecule has 2 aromatic carbocycles. The van der Waals surface area contributed by atoms with Gasteiger partial charge in [0.1, 0.15) is 5.69 Å². The number of nitro groups is 1. The van der Waals surface area contributed by atoms with Crippen LogP contribution in [0, 0.1) is 10.1 Å². The molecule has 10 heteroatoms.